The van der Waals surface area contributed by atoms with E-state index in [9.17, 15) is 0 Å². The molecule has 0 atom stereocenters. The predicted molar refractivity (Wildman–Crippen MR) is 71.3 cm³/mol. The van der Waals surface area contributed by atoms with Crippen molar-refractivity contribution in [3.63, 3.8) is 0 Å². The van der Waals surface area contributed by atoms with E-state index in [1.165, 1.54) is 11.8 Å². The molecular formula is C12H11N5S. The molecule has 5 nitrogen and oxygen atoms in total. The summed E-state index contributed by atoms with van der Waals surface area (Å²) in [7, 11) is 1.96. The van der Waals surface area contributed by atoms with Crippen molar-refractivity contribution < 1.29 is 0 Å². The lowest BCUT2D eigenvalue weighted by atomic mass is 10.4. The minimum atomic E-state index is 0.650. The third-order valence-electron chi connectivity index (χ3n) is 2.63. The van der Waals surface area contributed by atoms with Gasteiger partial charge in [-0.1, -0.05) is 11.8 Å². The van der Waals surface area contributed by atoms with Crippen LogP contribution in [0.4, 0.5) is 5.69 Å². The Labute approximate surface area is 108 Å². The number of hydrogen-bond donors (Lipinski definition) is 1. The fourth-order valence-corrected chi connectivity index (χ4v) is 2.58. The first-order chi connectivity index (χ1) is 8.75. The molecule has 0 saturated heterocycles. The van der Waals surface area contributed by atoms with E-state index in [-0.39, 0.29) is 0 Å². The Balaban J connectivity index is 2.08. The highest BCUT2D eigenvalue weighted by Gasteiger charge is 2.09. The number of imidazole rings is 1. The number of anilines is 1. The summed E-state index contributed by atoms with van der Waals surface area (Å²) >= 11 is 1.51. The molecule has 3 rings (SSSR count). The van der Waals surface area contributed by atoms with Gasteiger partial charge in [0.2, 0.25) is 0 Å². The summed E-state index contributed by atoms with van der Waals surface area (Å²) < 4.78 is 1.97. The summed E-state index contributed by atoms with van der Waals surface area (Å²) in [4.78, 5) is 13.6. The van der Waals surface area contributed by atoms with Crippen LogP contribution in [0.5, 0.6) is 0 Å². The van der Waals surface area contributed by atoms with Crippen molar-refractivity contribution in [2.45, 2.75) is 9.92 Å². The largest absolute Gasteiger partial charge is 0.397 e. The van der Waals surface area contributed by atoms with Crippen LogP contribution in [0.2, 0.25) is 0 Å². The number of hydrogen-bond acceptors (Lipinski definition) is 5. The molecule has 0 unspecified atom stereocenters. The monoisotopic (exact) mass is 257 g/mol. The molecule has 6 heteroatoms. The molecule has 0 radical (unpaired) electrons. The van der Waals surface area contributed by atoms with Gasteiger partial charge < -0.3 is 10.3 Å². The van der Waals surface area contributed by atoms with Gasteiger partial charge in [0, 0.05) is 24.3 Å². The van der Waals surface area contributed by atoms with Gasteiger partial charge in [0.15, 0.2) is 0 Å². The quantitative estimate of drug-likeness (QED) is 0.761. The second-order valence-corrected chi connectivity index (χ2v) is 4.89. The fraction of sp³-hybridized carbons (Fsp3) is 0.0833. The lowest BCUT2D eigenvalue weighted by Gasteiger charge is -2.04. The van der Waals surface area contributed by atoms with Gasteiger partial charge in [-0.25, -0.2) is 9.97 Å². The summed E-state index contributed by atoms with van der Waals surface area (Å²) in [6, 6.07) is 3.83. The Bertz CT molecular complexity index is 707. The van der Waals surface area contributed by atoms with E-state index in [1.54, 1.807) is 24.9 Å². The van der Waals surface area contributed by atoms with Crippen LogP contribution in [0.3, 0.4) is 0 Å². The zero-order valence-electron chi connectivity index (χ0n) is 9.74. The summed E-state index contributed by atoms with van der Waals surface area (Å²) in [6.45, 7) is 0. The zero-order valence-corrected chi connectivity index (χ0v) is 10.6. The molecule has 0 bridgehead atoms. The highest BCUT2D eigenvalue weighted by molar-refractivity contribution is 7.99. The van der Waals surface area contributed by atoms with Crippen LogP contribution in [0, 0.1) is 0 Å². The lowest BCUT2D eigenvalue weighted by Crippen LogP contribution is -1.91. The number of aryl methyl sites for hydroxylation is 1. The number of aromatic nitrogens is 4. The standard InChI is InChI=1S/C12H11N5S/c1-17-7-16-11-9(17)2-5-15-12(11)18-10-3-4-14-6-8(10)13/h2-7H,13H2,1H3. The van der Waals surface area contributed by atoms with Gasteiger partial charge in [-0.05, 0) is 12.1 Å². The van der Waals surface area contributed by atoms with Crippen molar-refractivity contribution in [1.29, 1.82) is 0 Å². The summed E-state index contributed by atoms with van der Waals surface area (Å²) in [6.07, 6.45) is 6.92. The highest BCUT2D eigenvalue weighted by atomic mass is 32.2. The van der Waals surface area contributed by atoms with Crippen LogP contribution in [-0.2, 0) is 7.05 Å². The number of nitrogen functional groups attached to an aromatic ring is 1. The van der Waals surface area contributed by atoms with Crippen molar-refractivity contribution >= 4 is 28.5 Å². The smallest absolute Gasteiger partial charge is 0.129 e. The minimum Gasteiger partial charge on any atom is -0.397 e. The van der Waals surface area contributed by atoms with Crippen LogP contribution < -0.4 is 5.73 Å². The number of nitrogens with two attached hydrogens (primary N) is 1. The molecular weight excluding hydrogens is 246 g/mol. The van der Waals surface area contributed by atoms with Crippen LogP contribution >= 0.6 is 11.8 Å². The molecule has 3 aromatic heterocycles. The van der Waals surface area contributed by atoms with E-state index in [0.29, 0.717) is 5.69 Å². The van der Waals surface area contributed by atoms with Crippen LogP contribution in [0.15, 0.2) is 47.0 Å². The highest BCUT2D eigenvalue weighted by Crippen LogP contribution is 2.33. The SMILES string of the molecule is Cn1cnc2c(Sc3ccncc3N)nccc21. The summed E-state index contributed by atoms with van der Waals surface area (Å²) in [5.74, 6) is 0. The molecule has 0 saturated carbocycles. The van der Waals surface area contributed by atoms with Crippen molar-refractivity contribution in [3.8, 4) is 0 Å². The molecule has 18 heavy (non-hydrogen) atoms. The maximum atomic E-state index is 5.88. The third kappa shape index (κ3) is 1.80. The first-order valence-electron chi connectivity index (χ1n) is 5.39. The second kappa shape index (κ2) is 4.30. The van der Waals surface area contributed by atoms with E-state index >= 15 is 0 Å². The molecule has 90 valence electrons. The molecule has 0 amide bonds. The van der Waals surface area contributed by atoms with E-state index in [2.05, 4.69) is 15.0 Å². The van der Waals surface area contributed by atoms with Crippen molar-refractivity contribution in [2.24, 2.45) is 7.05 Å². The van der Waals surface area contributed by atoms with E-state index < -0.39 is 0 Å². The molecule has 0 aromatic carbocycles. The van der Waals surface area contributed by atoms with Gasteiger partial charge in [0.1, 0.15) is 10.5 Å². The fourth-order valence-electron chi connectivity index (χ4n) is 1.70. The van der Waals surface area contributed by atoms with Crippen molar-refractivity contribution in [3.05, 3.63) is 37.1 Å². The Morgan fingerprint density at radius 3 is 2.94 bits per heavy atom. The molecule has 3 aromatic rings. The molecule has 0 spiro atoms. The topological polar surface area (TPSA) is 69.6 Å². The molecule has 0 aliphatic carbocycles. The zero-order chi connectivity index (χ0) is 12.5. The van der Waals surface area contributed by atoms with Gasteiger partial charge in [-0.15, -0.1) is 0 Å². The third-order valence-corrected chi connectivity index (χ3v) is 3.71. The van der Waals surface area contributed by atoms with Gasteiger partial charge in [0.05, 0.1) is 23.7 Å². The molecule has 0 fully saturated rings. The van der Waals surface area contributed by atoms with Crippen LogP contribution in [-0.4, -0.2) is 19.5 Å². The molecule has 3 heterocycles. The Morgan fingerprint density at radius 2 is 2.11 bits per heavy atom. The maximum Gasteiger partial charge on any atom is 0.129 e. The van der Waals surface area contributed by atoms with E-state index in [4.69, 9.17) is 5.73 Å². The van der Waals surface area contributed by atoms with Crippen molar-refractivity contribution in [2.75, 3.05) is 5.73 Å². The number of fused-ring (bicyclic) bond motifs is 1. The van der Waals surface area contributed by atoms with Gasteiger partial charge in [-0.3, -0.25) is 4.98 Å². The number of pyridine rings is 2. The first-order valence-corrected chi connectivity index (χ1v) is 6.21. The van der Waals surface area contributed by atoms with E-state index in [1.807, 2.05) is 23.7 Å². The van der Waals surface area contributed by atoms with Gasteiger partial charge in [0.25, 0.3) is 0 Å². The second-order valence-electron chi connectivity index (χ2n) is 3.85. The predicted octanol–water partition coefficient (Wildman–Crippen LogP) is 2.10. The molecule has 0 aliphatic heterocycles. The Kier molecular flexibility index (Phi) is 2.64. The van der Waals surface area contributed by atoms with Gasteiger partial charge >= 0.3 is 0 Å². The maximum absolute atomic E-state index is 5.88. The molecule has 0 aliphatic rings. The summed E-state index contributed by atoms with van der Waals surface area (Å²) in [5, 5.41) is 0.853. The van der Waals surface area contributed by atoms with E-state index in [0.717, 1.165) is 21.0 Å². The van der Waals surface area contributed by atoms with Crippen LogP contribution in [0.1, 0.15) is 0 Å². The van der Waals surface area contributed by atoms with Crippen molar-refractivity contribution in [1.82, 2.24) is 19.5 Å². The lowest BCUT2D eigenvalue weighted by molar-refractivity contribution is 0.947. The normalized spacial score (nSPS) is 10.9. The summed E-state index contributed by atoms with van der Waals surface area (Å²) in [5.41, 5.74) is 8.48. The number of rotatable bonds is 2. The average Bonchev–Trinajstić information content (AvgIpc) is 2.76. The average molecular weight is 257 g/mol. The number of nitrogens with zero attached hydrogens (tertiary/aromatic N) is 4. The molecule has 2 N–H and O–H groups in total. The van der Waals surface area contributed by atoms with Crippen LogP contribution in [0.25, 0.3) is 11.0 Å². The van der Waals surface area contributed by atoms with Gasteiger partial charge in [-0.2, -0.15) is 0 Å². The Hall–Kier alpha value is -2.08. The minimum absolute atomic E-state index is 0.650. The Morgan fingerprint density at radius 1 is 1.22 bits per heavy atom. The first kappa shape index (κ1) is 11.0.